The smallest absolute Gasteiger partial charge is 0.0541 e. The lowest BCUT2D eigenvalue weighted by Crippen LogP contribution is -2.10. The number of aromatic nitrogens is 1. The summed E-state index contributed by atoms with van der Waals surface area (Å²) in [4.78, 5) is 2.38. The normalized spacial score (nSPS) is 11.5. The van der Waals surface area contributed by atoms with E-state index < -0.39 is 0 Å². The lowest BCUT2D eigenvalue weighted by Gasteiger charge is -2.27. The molecule has 2 nitrogen and oxygen atoms in total. The molecule has 0 unspecified atom stereocenters. The summed E-state index contributed by atoms with van der Waals surface area (Å²) in [6.45, 7) is 0. The molecule has 10 rings (SSSR count). The topological polar surface area (TPSA) is 8.17 Å². The third-order valence-electron chi connectivity index (χ3n) is 10.4. The molecule has 52 heavy (non-hydrogen) atoms. The maximum Gasteiger partial charge on any atom is 0.0541 e. The Labute approximate surface area is 303 Å². The summed E-state index contributed by atoms with van der Waals surface area (Å²) in [6, 6.07) is 74.6. The molecule has 10 aromatic rings. The van der Waals surface area contributed by atoms with Crippen molar-refractivity contribution >= 4 is 60.4 Å². The van der Waals surface area contributed by atoms with Crippen LogP contribution in [-0.2, 0) is 0 Å². The van der Waals surface area contributed by atoms with E-state index in [2.05, 4.69) is 216 Å². The van der Waals surface area contributed by atoms with E-state index in [1.165, 1.54) is 65.6 Å². The van der Waals surface area contributed by atoms with Crippen LogP contribution in [0.4, 0.5) is 17.1 Å². The summed E-state index contributed by atoms with van der Waals surface area (Å²) in [7, 11) is 0. The van der Waals surface area contributed by atoms with Gasteiger partial charge in [0.05, 0.1) is 16.7 Å². The van der Waals surface area contributed by atoms with Crippen LogP contribution in [-0.4, -0.2) is 4.57 Å². The second-order valence-electron chi connectivity index (χ2n) is 13.4. The fraction of sp³-hybridized carbons (Fsp3) is 0. The molecule has 0 spiro atoms. The highest BCUT2D eigenvalue weighted by molar-refractivity contribution is 6.09. The van der Waals surface area contributed by atoms with Gasteiger partial charge in [-0.05, 0) is 93.0 Å². The SMILES string of the molecule is c1ccc2c(-c3ccc(N(c4ccc(-c5ccc(-n6c7ccccc7c7ccccc76)cc5)cc4)c4cccc5ccccc45)cc3)cccc2c1. The molecule has 0 aliphatic heterocycles. The van der Waals surface area contributed by atoms with Gasteiger partial charge in [-0.15, -0.1) is 0 Å². The van der Waals surface area contributed by atoms with Crippen LogP contribution in [0, 0.1) is 0 Å². The van der Waals surface area contributed by atoms with E-state index in [-0.39, 0.29) is 0 Å². The van der Waals surface area contributed by atoms with E-state index in [0.29, 0.717) is 0 Å². The highest BCUT2D eigenvalue weighted by Crippen LogP contribution is 2.41. The predicted octanol–water partition coefficient (Wildman–Crippen LogP) is 13.9. The molecule has 1 aromatic heterocycles. The fourth-order valence-corrected chi connectivity index (χ4v) is 7.90. The molecule has 0 bridgehead atoms. The van der Waals surface area contributed by atoms with Crippen LogP contribution in [0.15, 0.2) is 206 Å². The second-order valence-corrected chi connectivity index (χ2v) is 13.4. The zero-order valence-electron chi connectivity index (χ0n) is 28.5. The van der Waals surface area contributed by atoms with Crippen LogP contribution in [0.2, 0.25) is 0 Å². The van der Waals surface area contributed by atoms with Crippen molar-refractivity contribution in [1.29, 1.82) is 0 Å². The molecule has 0 saturated carbocycles. The van der Waals surface area contributed by atoms with Gasteiger partial charge in [0.15, 0.2) is 0 Å². The van der Waals surface area contributed by atoms with Crippen LogP contribution in [0.1, 0.15) is 0 Å². The minimum absolute atomic E-state index is 1.11. The standard InChI is InChI=1S/C50H34N2/c1-3-15-43-37(11-1)13-9-19-44(43)39-27-33-41(34-28-39)51(48-22-10-14-38-12-2-4-16-45(38)48)40-29-23-35(24-30-40)36-25-31-42(32-26-36)52-49-20-7-5-17-46(49)47-18-6-8-21-50(47)52/h1-34H. The molecule has 0 saturated heterocycles. The Morgan fingerprint density at radius 3 is 1.37 bits per heavy atom. The van der Waals surface area contributed by atoms with Crippen molar-refractivity contribution in [2.24, 2.45) is 0 Å². The summed E-state index contributed by atoms with van der Waals surface area (Å²) in [6.07, 6.45) is 0. The average Bonchev–Trinajstić information content (AvgIpc) is 3.56. The van der Waals surface area contributed by atoms with Crippen molar-refractivity contribution in [3.8, 4) is 27.9 Å². The van der Waals surface area contributed by atoms with Crippen molar-refractivity contribution in [3.05, 3.63) is 206 Å². The maximum atomic E-state index is 2.38. The molecule has 0 N–H and O–H groups in total. The largest absolute Gasteiger partial charge is 0.310 e. The lowest BCUT2D eigenvalue weighted by molar-refractivity contribution is 1.18. The molecule has 0 fully saturated rings. The van der Waals surface area contributed by atoms with Crippen molar-refractivity contribution in [3.63, 3.8) is 0 Å². The monoisotopic (exact) mass is 662 g/mol. The average molecular weight is 663 g/mol. The third-order valence-corrected chi connectivity index (χ3v) is 10.4. The highest BCUT2D eigenvalue weighted by Gasteiger charge is 2.17. The first kappa shape index (κ1) is 30.0. The Kier molecular flexibility index (Phi) is 7.18. The fourth-order valence-electron chi connectivity index (χ4n) is 7.90. The van der Waals surface area contributed by atoms with Gasteiger partial charge in [-0.1, -0.05) is 152 Å². The summed E-state index contributed by atoms with van der Waals surface area (Å²) in [5.74, 6) is 0. The molecule has 244 valence electrons. The maximum absolute atomic E-state index is 2.38. The quantitative estimate of drug-likeness (QED) is 0.172. The van der Waals surface area contributed by atoms with Gasteiger partial charge in [-0.3, -0.25) is 0 Å². The van der Waals surface area contributed by atoms with Gasteiger partial charge in [0.2, 0.25) is 0 Å². The van der Waals surface area contributed by atoms with Crippen molar-refractivity contribution in [1.82, 2.24) is 4.57 Å². The summed E-state index contributed by atoms with van der Waals surface area (Å²) in [5, 5.41) is 7.50. The Morgan fingerprint density at radius 2 is 0.750 bits per heavy atom. The number of para-hydroxylation sites is 2. The minimum Gasteiger partial charge on any atom is -0.310 e. The molecule has 9 aromatic carbocycles. The van der Waals surface area contributed by atoms with Crippen LogP contribution in [0.5, 0.6) is 0 Å². The first-order valence-corrected chi connectivity index (χ1v) is 17.9. The molecule has 0 aliphatic carbocycles. The van der Waals surface area contributed by atoms with Crippen LogP contribution >= 0.6 is 0 Å². The molecular formula is C50H34N2. The summed E-state index contributed by atoms with van der Waals surface area (Å²) < 4.78 is 2.37. The Balaban J connectivity index is 1.03. The van der Waals surface area contributed by atoms with Gasteiger partial charge in [0.1, 0.15) is 0 Å². The van der Waals surface area contributed by atoms with Crippen LogP contribution < -0.4 is 4.90 Å². The molecule has 2 heteroatoms. The van der Waals surface area contributed by atoms with E-state index in [9.17, 15) is 0 Å². The Morgan fingerprint density at radius 1 is 0.308 bits per heavy atom. The number of anilines is 3. The molecule has 0 amide bonds. The molecule has 0 radical (unpaired) electrons. The summed E-state index contributed by atoms with van der Waals surface area (Å²) >= 11 is 0. The highest BCUT2D eigenvalue weighted by atomic mass is 15.1. The Bertz CT molecular complexity index is 2820. The van der Waals surface area contributed by atoms with E-state index in [4.69, 9.17) is 0 Å². The number of fused-ring (bicyclic) bond motifs is 5. The van der Waals surface area contributed by atoms with E-state index in [1.807, 2.05) is 0 Å². The number of hydrogen-bond acceptors (Lipinski definition) is 1. The molecule has 0 aliphatic rings. The van der Waals surface area contributed by atoms with Gasteiger partial charge in [-0.2, -0.15) is 0 Å². The van der Waals surface area contributed by atoms with Crippen LogP contribution in [0.25, 0.3) is 71.3 Å². The number of rotatable bonds is 6. The van der Waals surface area contributed by atoms with Crippen molar-refractivity contribution < 1.29 is 0 Å². The first-order chi connectivity index (χ1) is 25.8. The van der Waals surface area contributed by atoms with E-state index >= 15 is 0 Å². The first-order valence-electron chi connectivity index (χ1n) is 17.9. The molecule has 0 atom stereocenters. The molecular weight excluding hydrogens is 629 g/mol. The predicted molar refractivity (Wildman–Crippen MR) is 221 cm³/mol. The van der Waals surface area contributed by atoms with E-state index in [1.54, 1.807) is 0 Å². The Hall–Kier alpha value is -6.90. The second kappa shape index (κ2) is 12.5. The minimum atomic E-state index is 1.11. The van der Waals surface area contributed by atoms with Crippen LogP contribution in [0.3, 0.4) is 0 Å². The number of nitrogens with zero attached hydrogens (tertiary/aromatic N) is 2. The zero-order chi connectivity index (χ0) is 34.4. The van der Waals surface area contributed by atoms with Crippen molar-refractivity contribution in [2.75, 3.05) is 4.90 Å². The zero-order valence-corrected chi connectivity index (χ0v) is 28.5. The number of benzene rings is 9. The van der Waals surface area contributed by atoms with Gasteiger partial charge in [-0.25, -0.2) is 0 Å². The van der Waals surface area contributed by atoms with Gasteiger partial charge in [0.25, 0.3) is 0 Å². The van der Waals surface area contributed by atoms with Gasteiger partial charge < -0.3 is 9.47 Å². The lowest BCUT2D eigenvalue weighted by atomic mass is 9.98. The summed E-state index contributed by atoms with van der Waals surface area (Å²) in [5.41, 5.74) is 11.8. The van der Waals surface area contributed by atoms with E-state index in [0.717, 1.165) is 22.7 Å². The third kappa shape index (κ3) is 5.04. The molecule has 1 heterocycles. The number of hydrogen-bond donors (Lipinski definition) is 0. The van der Waals surface area contributed by atoms with Crippen molar-refractivity contribution in [2.45, 2.75) is 0 Å². The van der Waals surface area contributed by atoms with Gasteiger partial charge in [0, 0.05) is 33.2 Å². The van der Waals surface area contributed by atoms with Gasteiger partial charge >= 0.3 is 0 Å².